The van der Waals surface area contributed by atoms with Crippen LogP contribution < -0.4 is 10.2 Å². The summed E-state index contributed by atoms with van der Waals surface area (Å²) in [5.74, 6) is 1.80. The number of likely N-dealkylation sites (tertiary alicyclic amines) is 2. The maximum atomic E-state index is 12.7. The molecule has 30 heavy (non-hydrogen) atoms. The lowest BCUT2D eigenvalue weighted by Crippen LogP contribution is -2.45. The molecular weight excluding hydrogens is 374 g/mol. The van der Waals surface area contributed by atoms with E-state index >= 15 is 0 Å². The number of amides is 2. The third-order valence-electron chi connectivity index (χ3n) is 7.05. The first-order valence-electron chi connectivity index (χ1n) is 12.2. The van der Waals surface area contributed by atoms with E-state index in [0.717, 1.165) is 56.3 Å². The molecule has 3 aliphatic heterocycles. The number of aromatic nitrogens is 1. The van der Waals surface area contributed by atoms with Crippen molar-refractivity contribution in [2.75, 3.05) is 50.7 Å². The Hall–Kier alpha value is -1.82. The number of rotatable bonds is 5. The van der Waals surface area contributed by atoms with E-state index in [1.165, 1.54) is 64.6 Å². The average Bonchev–Trinajstić information content (AvgIpc) is 3.07. The summed E-state index contributed by atoms with van der Waals surface area (Å²) in [4.78, 5) is 24.3. The predicted molar refractivity (Wildman–Crippen MR) is 122 cm³/mol. The number of hydrogen-bond acceptors (Lipinski definition) is 4. The van der Waals surface area contributed by atoms with E-state index in [9.17, 15) is 4.79 Å². The lowest BCUT2D eigenvalue weighted by Gasteiger charge is -2.34. The second kappa shape index (κ2) is 11.0. The van der Waals surface area contributed by atoms with E-state index in [2.05, 4.69) is 26.2 Å². The molecule has 0 saturated carbocycles. The quantitative estimate of drug-likeness (QED) is 0.796. The van der Waals surface area contributed by atoms with Gasteiger partial charge in [-0.3, -0.25) is 0 Å². The molecule has 2 amide bonds. The molecule has 3 aliphatic rings. The minimum Gasteiger partial charge on any atom is -0.357 e. The number of piperidine rings is 2. The molecule has 6 nitrogen and oxygen atoms in total. The highest BCUT2D eigenvalue weighted by Crippen LogP contribution is 2.21. The summed E-state index contributed by atoms with van der Waals surface area (Å²) in [7, 11) is 0. The van der Waals surface area contributed by atoms with Crippen molar-refractivity contribution in [3.8, 4) is 0 Å². The molecule has 0 bridgehead atoms. The van der Waals surface area contributed by atoms with Crippen LogP contribution in [0.2, 0.25) is 0 Å². The molecular formula is C24H39N5O. The lowest BCUT2D eigenvalue weighted by molar-refractivity contribution is 0.147. The van der Waals surface area contributed by atoms with Crippen LogP contribution in [0.5, 0.6) is 0 Å². The Morgan fingerprint density at radius 3 is 2.33 bits per heavy atom. The first-order chi connectivity index (χ1) is 14.8. The zero-order chi connectivity index (χ0) is 20.6. The zero-order valence-electron chi connectivity index (χ0n) is 18.5. The number of nitrogens with one attached hydrogen (secondary N) is 1. The molecule has 166 valence electrons. The van der Waals surface area contributed by atoms with E-state index in [1.54, 1.807) is 0 Å². The summed E-state index contributed by atoms with van der Waals surface area (Å²) in [5, 5.41) is 3.13. The monoisotopic (exact) mass is 413 g/mol. The Labute approximate surface area is 182 Å². The van der Waals surface area contributed by atoms with Crippen LogP contribution in [0.3, 0.4) is 0 Å². The highest BCUT2D eigenvalue weighted by Gasteiger charge is 2.24. The van der Waals surface area contributed by atoms with Gasteiger partial charge in [-0.15, -0.1) is 0 Å². The normalized spacial score (nSPS) is 22.0. The van der Waals surface area contributed by atoms with Gasteiger partial charge in [0.2, 0.25) is 0 Å². The Balaban J connectivity index is 1.19. The third kappa shape index (κ3) is 6.10. The Morgan fingerprint density at radius 2 is 1.60 bits per heavy atom. The number of hydrogen-bond donors (Lipinski definition) is 1. The average molecular weight is 414 g/mol. The Kier molecular flexibility index (Phi) is 7.84. The van der Waals surface area contributed by atoms with Crippen LogP contribution in [0.15, 0.2) is 18.3 Å². The molecule has 4 heterocycles. The van der Waals surface area contributed by atoms with Crippen LogP contribution in [0.25, 0.3) is 0 Å². The SMILES string of the molecule is O=C(NCc1ccnc(N2CCCCC2)c1)N1CCC(CN2CCCCCC2)CC1. The van der Waals surface area contributed by atoms with Gasteiger partial charge in [0.05, 0.1) is 0 Å². The largest absolute Gasteiger partial charge is 0.357 e. The highest BCUT2D eigenvalue weighted by molar-refractivity contribution is 5.74. The van der Waals surface area contributed by atoms with Gasteiger partial charge in [-0.05, 0) is 81.6 Å². The van der Waals surface area contributed by atoms with Gasteiger partial charge < -0.3 is 20.0 Å². The van der Waals surface area contributed by atoms with Crippen molar-refractivity contribution < 1.29 is 4.79 Å². The smallest absolute Gasteiger partial charge is 0.317 e. The fourth-order valence-corrected chi connectivity index (χ4v) is 5.16. The number of nitrogens with zero attached hydrogens (tertiary/aromatic N) is 4. The van der Waals surface area contributed by atoms with Crippen molar-refractivity contribution in [1.29, 1.82) is 0 Å². The fraction of sp³-hybridized carbons (Fsp3) is 0.750. The zero-order valence-corrected chi connectivity index (χ0v) is 18.5. The fourth-order valence-electron chi connectivity index (χ4n) is 5.16. The van der Waals surface area contributed by atoms with Gasteiger partial charge in [0.15, 0.2) is 0 Å². The minimum absolute atomic E-state index is 0.0829. The molecule has 1 N–H and O–H groups in total. The van der Waals surface area contributed by atoms with Crippen LogP contribution in [-0.2, 0) is 6.54 Å². The predicted octanol–water partition coefficient (Wildman–Crippen LogP) is 3.87. The van der Waals surface area contributed by atoms with Crippen LogP contribution >= 0.6 is 0 Å². The molecule has 6 heteroatoms. The molecule has 0 atom stereocenters. The summed E-state index contributed by atoms with van der Waals surface area (Å²) >= 11 is 0. The van der Waals surface area contributed by atoms with Gasteiger partial charge in [0, 0.05) is 45.5 Å². The maximum Gasteiger partial charge on any atom is 0.317 e. The van der Waals surface area contributed by atoms with Gasteiger partial charge in [-0.25, -0.2) is 9.78 Å². The minimum atomic E-state index is 0.0829. The Morgan fingerprint density at radius 1 is 0.933 bits per heavy atom. The molecule has 1 aromatic rings. The Bertz CT molecular complexity index is 659. The molecule has 3 fully saturated rings. The molecule has 3 saturated heterocycles. The molecule has 0 aromatic carbocycles. The summed E-state index contributed by atoms with van der Waals surface area (Å²) < 4.78 is 0. The van der Waals surface area contributed by atoms with Gasteiger partial charge in [0.1, 0.15) is 5.82 Å². The van der Waals surface area contributed by atoms with Crippen molar-refractivity contribution >= 4 is 11.8 Å². The number of urea groups is 1. The second-order valence-electron chi connectivity index (χ2n) is 9.37. The topological polar surface area (TPSA) is 51.7 Å². The van der Waals surface area contributed by atoms with Crippen molar-refractivity contribution in [1.82, 2.24) is 20.1 Å². The maximum absolute atomic E-state index is 12.7. The van der Waals surface area contributed by atoms with Gasteiger partial charge in [-0.1, -0.05) is 12.8 Å². The first kappa shape index (κ1) is 21.4. The van der Waals surface area contributed by atoms with Crippen LogP contribution in [0.4, 0.5) is 10.6 Å². The molecule has 0 aliphatic carbocycles. The third-order valence-corrected chi connectivity index (χ3v) is 7.05. The molecule has 0 unspecified atom stereocenters. The van der Waals surface area contributed by atoms with Crippen LogP contribution in [0.1, 0.15) is 63.4 Å². The second-order valence-corrected chi connectivity index (χ2v) is 9.37. The number of anilines is 1. The van der Waals surface area contributed by atoms with Gasteiger partial charge in [-0.2, -0.15) is 0 Å². The van der Waals surface area contributed by atoms with E-state index in [4.69, 9.17) is 0 Å². The van der Waals surface area contributed by atoms with Crippen LogP contribution in [0, 0.1) is 5.92 Å². The summed E-state index contributed by atoms with van der Waals surface area (Å²) in [5.41, 5.74) is 1.13. The number of carbonyl (C=O) groups is 1. The number of pyridine rings is 1. The van der Waals surface area contributed by atoms with Gasteiger partial charge in [0.25, 0.3) is 0 Å². The van der Waals surface area contributed by atoms with E-state index < -0.39 is 0 Å². The van der Waals surface area contributed by atoms with Gasteiger partial charge >= 0.3 is 6.03 Å². The first-order valence-corrected chi connectivity index (χ1v) is 12.2. The molecule has 0 spiro atoms. The highest BCUT2D eigenvalue weighted by atomic mass is 16.2. The van der Waals surface area contributed by atoms with E-state index in [0.29, 0.717) is 6.54 Å². The lowest BCUT2D eigenvalue weighted by atomic mass is 9.96. The summed E-state index contributed by atoms with van der Waals surface area (Å²) in [6.07, 6.45) is 13.5. The van der Waals surface area contributed by atoms with Crippen LogP contribution in [-0.4, -0.2) is 66.6 Å². The van der Waals surface area contributed by atoms with Crippen molar-refractivity contribution in [2.24, 2.45) is 5.92 Å². The van der Waals surface area contributed by atoms with Crippen molar-refractivity contribution in [2.45, 2.75) is 64.3 Å². The summed E-state index contributed by atoms with van der Waals surface area (Å²) in [6, 6.07) is 4.24. The van der Waals surface area contributed by atoms with E-state index in [-0.39, 0.29) is 6.03 Å². The molecule has 4 rings (SSSR count). The molecule has 0 radical (unpaired) electrons. The summed E-state index contributed by atoms with van der Waals surface area (Å²) in [6.45, 7) is 8.31. The van der Waals surface area contributed by atoms with Crippen molar-refractivity contribution in [3.63, 3.8) is 0 Å². The standard InChI is InChI=1S/C24H39N5O/c30-24(26-19-22-8-11-25-23(18-22)28-14-6-3-7-15-28)29-16-9-21(10-17-29)20-27-12-4-1-2-5-13-27/h8,11,18,21H,1-7,9-10,12-17,19-20H2,(H,26,30). The molecule has 1 aromatic heterocycles. The van der Waals surface area contributed by atoms with E-state index in [1.807, 2.05) is 17.2 Å². The number of carbonyl (C=O) groups excluding carboxylic acids is 1. The van der Waals surface area contributed by atoms with Crippen molar-refractivity contribution in [3.05, 3.63) is 23.9 Å².